The quantitative estimate of drug-likeness (QED) is 0.489. The van der Waals surface area contributed by atoms with Gasteiger partial charge in [-0.05, 0) is 63.2 Å². The molecule has 1 atom stereocenters. The van der Waals surface area contributed by atoms with E-state index in [4.69, 9.17) is 9.47 Å². The van der Waals surface area contributed by atoms with Crippen LogP contribution in [0.2, 0.25) is 0 Å². The number of methoxy groups -OCH3 is 1. The van der Waals surface area contributed by atoms with Gasteiger partial charge in [-0.3, -0.25) is 9.10 Å². The Morgan fingerprint density at radius 2 is 1.59 bits per heavy atom. The number of ether oxygens (including phenoxy) is 2. The number of aryl methyl sites for hydroxylation is 2. The zero-order valence-electron chi connectivity index (χ0n) is 20.0. The van der Waals surface area contributed by atoms with Crippen LogP contribution in [0.15, 0.2) is 71.6 Å². The Morgan fingerprint density at radius 1 is 0.971 bits per heavy atom. The normalized spacial score (nSPS) is 12.0. The molecule has 0 radical (unpaired) electrons. The molecule has 0 heterocycles. The molecule has 0 spiro atoms. The standard InChI is InChI=1S/C26H30N2O5S/c1-18-6-13-23(14-7-18)34(30,31)28(4)21-9-11-22(12-10-21)33-17-26(29)27-20(3)24-16-19(2)8-15-25(24)32-5/h6-16,20H,17H2,1-5H3,(H,27,29). The number of carbonyl (C=O) groups is 1. The Balaban J connectivity index is 1.60. The maximum Gasteiger partial charge on any atom is 0.264 e. The lowest BCUT2D eigenvalue weighted by molar-refractivity contribution is -0.123. The van der Waals surface area contributed by atoms with Crippen molar-refractivity contribution >= 4 is 21.6 Å². The van der Waals surface area contributed by atoms with Gasteiger partial charge in [-0.2, -0.15) is 0 Å². The van der Waals surface area contributed by atoms with E-state index in [9.17, 15) is 13.2 Å². The van der Waals surface area contributed by atoms with Crippen LogP contribution in [0, 0.1) is 13.8 Å². The smallest absolute Gasteiger partial charge is 0.264 e. The highest BCUT2D eigenvalue weighted by atomic mass is 32.2. The Morgan fingerprint density at radius 3 is 2.21 bits per heavy atom. The molecule has 3 aromatic rings. The van der Waals surface area contributed by atoms with Gasteiger partial charge in [0, 0.05) is 12.6 Å². The van der Waals surface area contributed by atoms with Gasteiger partial charge >= 0.3 is 0 Å². The van der Waals surface area contributed by atoms with Crippen LogP contribution in [-0.2, 0) is 14.8 Å². The maximum atomic E-state index is 12.9. The van der Waals surface area contributed by atoms with Gasteiger partial charge in [-0.1, -0.05) is 35.4 Å². The number of sulfonamides is 1. The lowest BCUT2D eigenvalue weighted by Crippen LogP contribution is -2.31. The minimum absolute atomic E-state index is 0.171. The van der Waals surface area contributed by atoms with Crippen LogP contribution in [-0.4, -0.2) is 35.1 Å². The summed E-state index contributed by atoms with van der Waals surface area (Å²) >= 11 is 0. The van der Waals surface area contributed by atoms with E-state index in [0.717, 1.165) is 16.7 Å². The van der Waals surface area contributed by atoms with E-state index in [0.29, 0.717) is 17.2 Å². The lowest BCUT2D eigenvalue weighted by atomic mass is 10.0. The largest absolute Gasteiger partial charge is 0.496 e. The summed E-state index contributed by atoms with van der Waals surface area (Å²) in [7, 11) is -0.582. The Bertz CT molecular complexity index is 1240. The molecule has 0 saturated carbocycles. The molecule has 0 bridgehead atoms. The highest BCUT2D eigenvalue weighted by Gasteiger charge is 2.21. The third kappa shape index (κ3) is 5.88. The van der Waals surface area contributed by atoms with Crippen molar-refractivity contribution < 1.29 is 22.7 Å². The number of carbonyl (C=O) groups excluding carboxylic acids is 1. The molecule has 8 heteroatoms. The van der Waals surface area contributed by atoms with E-state index < -0.39 is 10.0 Å². The van der Waals surface area contributed by atoms with Crippen molar-refractivity contribution in [3.63, 3.8) is 0 Å². The number of hydrogen-bond acceptors (Lipinski definition) is 5. The van der Waals surface area contributed by atoms with Crippen LogP contribution in [0.4, 0.5) is 5.69 Å². The van der Waals surface area contributed by atoms with Crippen molar-refractivity contribution in [3.8, 4) is 11.5 Å². The van der Waals surface area contributed by atoms with Crippen LogP contribution in [0.3, 0.4) is 0 Å². The summed E-state index contributed by atoms with van der Waals surface area (Å²) in [6, 6.07) is 18.8. The Hall–Kier alpha value is -3.52. The summed E-state index contributed by atoms with van der Waals surface area (Å²) in [6.07, 6.45) is 0. The first-order chi connectivity index (χ1) is 16.1. The van der Waals surface area contributed by atoms with E-state index in [-0.39, 0.29) is 23.5 Å². The van der Waals surface area contributed by atoms with Crippen molar-refractivity contribution in [1.29, 1.82) is 0 Å². The number of amides is 1. The van der Waals surface area contributed by atoms with E-state index in [1.54, 1.807) is 55.6 Å². The van der Waals surface area contributed by atoms with Crippen LogP contribution >= 0.6 is 0 Å². The van der Waals surface area contributed by atoms with Gasteiger partial charge in [0.15, 0.2) is 6.61 Å². The molecule has 1 amide bonds. The van der Waals surface area contributed by atoms with E-state index in [1.165, 1.54) is 11.4 Å². The average Bonchev–Trinajstić information content (AvgIpc) is 2.82. The topological polar surface area (TPSA) is 84.9 Å². The first kappa shape index (κ1) is 25.1. The minimum Gasteiger partial charge on any atom is -0.496 e. The number of hydrogen-bond donors (Lipinski definition) is 1. The molecule has 1 unspecified atom stereocenters. The minimum atomic E-state index is -3.68. The van der Waals surface area contributed by atoms with Gasteiger partial charge in [-0.15, -0.1) is 0 Å². The van der Waals surface area contributed by atoms with Crippen molar-refractivity contribution in [1.82, 2.24) is 5.32 Å². The average molecular weight is 483 g/mol. The number of benzene rings is 3. The Kier molecular flexibility index (Phi) is 7.83. The summed E-state index contributed by atoms with van der Waals surface area (Å²) in [5.74, 6) is 0.889. The van der Waals surface area contributed by atoms with Crippen LogP contribution < -0.4 is 19.1 Å². The molecule has 0 aromatic heterocycles. The van der Waals surface area contributed by atoms with Gasteiger partial charge in [0.05, 0.1) is 23.7 Å². The summed E-state index contributed by atoms with van der Waals surface area (Å²) in [6.45, 7) is 5.59. The monoisotopic (exact) mass is 482 g/mol. The second kappa shape index (κ2) is 10.6. The summed E-state index contributed by atoms with van der Waals surface area (Å²) in [4.78, 5) is 12.6. The van der Waals surface area contributed by atoms with E-state index >= 15 is 0 Å². The molecular formula is C26H30N2O5S. The van der Waals surface area contributed by atoms with Crippen molar-refractivity contribution in [2.45, 2.75) is 31.7 Å². The summed E-state index contributed by atoms with van der Waals surface area (Å²) in [5, 5.41) is 2.91. The molecule has 180 valence electrons. The molecule has 1 N–H and O–H groups in total. The zero-order chi connectivity index (χ0) is 24.9. The van der Waals surface area contributed by atoms with Gasteiger partial charge < -0.3 is 14.8 Å². The molecule has 3 aromatic carbocycles. The van der Waals surface area contributed by atoms with E-state index in [2.05, 4.69) is 5.32 Å². The lowest BCUT2D eigenvalue weighted by Gasteiger charge is -2.20. The molecule has 0 saturated heterocycles. The molecule has 7 nitrogen and oxygen atoms in total. The third-order valence-corrected chi connectivity index (χ3v) is 7.28. The molecular weight excluding hydrogens is 452 g/mol. The van der Waals surface area contributed by atoms with Gasteiger partial charge in [0.2, 0.25) is 0 Å². The van der Waals surface area contributed by atoms with Crippen LogP contribution in [0.5, 0.6) is 11.5 Å². The second-order valence-corrected chi connectivity index (χ2v) is 10.1. The fourth-order valence-corrected chi connectivity index (χ4v) is 4.66. The third-order valence-electron chi connectivity index (χ3n) is 5.48. The molecule has 0 fully saturated rings. The van der Waals surface area contributed by atoms with Crippen LogP contribution in [0.25, 0.3) is 0 Å². The first-order valence-corrected chi connectivity index (χ1v) is 12.3. The number of anilines is 1. The number of nitrogens with one attached hydrogen (secondary N) is 1. The molecule has 34 heavy (non-hydrogen) atoms. The molecule has 0 aliphatic rings. The molecule has 0 aliphatic carbocycles. The van der Waals surface area contributed by atoms with Crippen molar-refractivity contribution in [3.05, 3.63) is 83.4 Å². The summed E-state index contributed by atoms with van der Waals surface area (Å²) in [5.41, 5.74) is 3.43. The molecule has 0 aliphatic heterocycles. The van der Waals surface area contributed by atoms with Gasteiger partial charge in [0.1, 0.15) is 11.5 Å². The highest BCUT2D eigenvalue weighted by Crippen LogP contribution is 2.27. The van der Waals surface area contributed by atoms with Crippen LogP contribution in [0.1, 0.15) is 29.7 Å². The number of rotatable bonds is 9. The SMILES string of the molecule is COc1ccc(C)cc1C(C)NC(=O)COc1ccc(N(C)S(=O)(=O)c2ccc(C)cc2)cc1. The maximum absolute atomic E-state index is 12.9. The highest BCUT2D eigenvalue weighted by molar-refractivity contribution is 7.92. The zero-order valence-corrected chi connectivity index (χ0v) is 20.8. The van der Waals surface area contributed by atoms with Gasteiger partial charge in [0.25, 0.3) is 15.9 Å². The second-order valence-electron chi connectivity index (χ2n) is 8.10. The predicted octanol–water partition coefficient (Wildman–Crippen LogP) is 4.39. The van der Waals surface area contributed by atoms with Crippen molar-refractivity contribution in [2.24, 2.45) is 0 Å². The Labute approximate surface area is 201 Å². The summed E-state index contributed by atoms with van der Waals surface area (Å²) < 4.78 is 37.9. The van der Waals surface area contributed by atoms with E-state index in [1.807, 2.05) is 39.0 Å². The van der Waals surface area contributed by atoms with Crippen molar-refractivity contribution in [2.75, 3.05) is 25.1 Å². The predicted molar refractivity (Wildman–Crippen MR) is 133 cm³/mol. The van der Waals surface area contributed by atoms with Gasteiger partial charge in [-0.25, -0.2) is 8.42 Å². The number of nitrogens with zero attached hydrogens (tertiary/aromatic N) is 1. The fourth-order valence-electron chi connectivity index (χ4n) is 3.46. The first-order valence-electron chi connectivity index (χ1n) is 10.8. The fraction of sp³-hybridized carbons (Fsp3) is 0.269. The molecule has 3 rings (SSSR count).